The Kier molecular flexibility index (Phi) is 23.1. The van der Waals surface area contributed by atoms with Crippen LogP contribution >= 0.6 is 0 Å². The summed E-state index contributed by atoms with van der Waals surface area (Å²) in [6.07, 6.45) is 18.1. The average Bonchev–Trinajstić information content (AvgIpc) is 2.18. The third-order valence-corrected chi connectivity index (χ3v) is 1.44. The minimum atomic E-state index is 0. The van der Waals surface area contributed by atoms with Crippen LogP contribution in [0.25, 0.3) is 0 Å². The quantitative estimate of drug-likeness (QED) is 0.382. The number of hydrogen-bond donors (Lipinski definition) is 0. The molecule has 0 spiro atoms. The molecular formula is C16H26Ru. The Labute approximate surface area is 121 Å². The van der Waals surface area contributed by atoms with Crippen LogP contribution < -0.4 is 0 Å². The van der Waals surface area contributed by atoms with Crippen molar-refractivity contribution < 1.29 is 19.5 Å². The van der Waals surface area contributed by atoms with Crippen LogP contribution in [0, 0.1) is 24.0 Å². The summed E-state index contributed by atoms with van der Waals surface area (Å²) < 4.78 is 0. The van der Waals surface area contributed by atoms with Crippen molar-refractivity contribution in [3.8, 4) is 0 Å². The van der Waals surface area contributed by atoms with Crippen molar-refractivity contribution in [3.05, 3.63) is 48.6 Å². The topological polar surface area (TPSA) is 0 Å². The molecule has 0 unspecified atom stereocenters. The van der Waals surface area contributed by atoms with Crippen molar-refractivity contribution >= 4 is 0 Å². The van der Waals surface area contributed by atoms with Gasteiger partial charge >= 0.3 is 19.5 Å². The zero-order valence-electron chi connectivity index (χ0n) is 12.0. The molecule has 0 nitrogen and oxygen atoms in total. The first-order valence-corrected chi connectivity index (χ1v) is 5.95. The fraction of sp³-hybridized carbons (Fsp3) is 0.500. The number of hydrogen-bond acceptors (Lipinski definition) is 0. The summed E-state index contributed by atoms with van der Waals surface area (Å²) in [5.74, 6) is 1.09. The molecule has 0 aromatic carbocycles. The minimum Gasteiger partial charge on any atom is -0.273 e. The van der Waals surface area contributed by atoms with Gasteiger partial charge in [-0.15, -0.1) is 11.8 Å². The van der Waals surface area contributed by atoms with Crippen molar-refractivity contribution in [1.82, 2.24) is 0 Å². The Balaban J connectivity index is -0.000000218. The van der Waals surface area contributed by atoms with Crippen molar-refractivity contribution in [2.45, 2.75) is 41.5 Å². The molecular weight excluding hydrogens is 293 g/mol. The van der Waals surface area contributed by atoms with Gasteiger partial charge in [-0.3, -0.25) is 12.2 Å². The zero-order chi connectivity index (χ0) is 12.8. The van der Waals surface area contributed by atoms with Crippen molar-refractivity contribution in [1.29, 1.82) is 0 Å². The van der Waals surface area contributed by atoms with Gasteiger partial charge in [0.05, 0.1) is 0 Å². The molecule has 0 atom stereocenters. The monoisotopic (exact) mass is 320 g/mol. The Morgan fingerprint density at radius 2 is 1.00 bits per heavy atom. The number of allylic oxidation sites excluding steroid dienone is 8. The van der Waals surface area contributed by atoms with Gasteiger partial charge in [0.25, 0.3) is 0 Å². The summed E-state index contributed by atoms with van der Waals surface area (Å²) in [6, 6.07) is 0. The second kappa shape index (κ2) is 18.0. The van der Waals surface area contributed by atoms with Gasteiger partial charge in [-0.1, -0.05) is 41.5 Å². The van der Waals surface area contributed by atoms with E-state index in [1.54, 1.807) is 0 Å². The molecule has 98 valence electrons. The van der Waals surface area contributed by atoms with Gasteiger partial charge in [-0.05, 0) is 0 Å². The van der Waals surface area contributed by atoms with Gasteiger partial charge in [0.1, 0.15) is 0 Å². The first kappa shape index (κ1) is 21.8. The van der Waals surface area contributed by atoms with Crippen LogP contribution in [0.1, 0.15) is 41.5 Å². The summed E-state index contributed by atoms with van der Waals surface area (Å²) in [4.78, 5) is 0. The van der Waals surface area contributed by atoms with Crippen LogP contribution in [0.5, 0.6) is 0 Å². The second-order valence-corrected chi connectivity index (χ2v) is 4.03. The molecule has 0 saturated carbocycles. The van der Waals surface area contributed by atoms with E-state index in [0.717, 1.165) is 0 Å². The van der Waals surface area contributed by atoms with Gasteiger partial charge in [-0.2, -0.15) is 12.2 Å². The zero-order valence-corrected chi connectivity index (χ0v) is 13.7. The molecule has 0 rings (SSSR count). The Hall–Kier alpha value is -0.417. The van der Waals surface area contributed by atoms with Gasteiger partial charge in [0.15, 0.2) is 0 Å². The fourth-order valence-corrected chi connectivity index (χ4v) is 0.688. The molecule has 0 fully saturated rings. The Bertz CT molecular complexity index is 204. The van der Waals surface area contributed by atoms with E-state index in [-0.39, 0.29) is 19.5 Å². The van der Waals surface area contributed by atoms with Crippen LogP contribution in [0.4, 0.5) is 0 Å². The molecule has 17 heavy (non-hydrogen) atoms. The van der Waals surface area contributed by atoms with Crippen LogP contribution in [0.2, 0.25) is 0 Å². The first-order valence-electron chi connectivity index (χ1n) is 5.95. The SMILES string of the molecule is C/C=C/C=[C-]C(C)C.C/C=C/C=[C-]C(C)C.[Ru+2]. The molecule has 0 aliphatic heterocycles. The normalized spacial score (nSPS) is 11.8. The van der Waals surface area contributed by atoms with E-state index in [9.17, 15) is 0 Å². The van der Waals surface area contributed by atoms with E-state index in [0.29, 0.717) is 11.8 Å². The minimum absolute atomic E-state index is 0. The van der Waals surface area contributed by atoms with E-state index >= 15 is 0 Å². The van der Waals surface area contributed by atoms with Crippen LogP contribution in [0.3, 0.4) is 0 Å². The summed E-state index contributed by atoms with van der Waals surface area (Å²) >= 11 is 0. The van der Waals surface area contributed by atoms with Gasteiger partial charge in [0.2, 0.25) is 0 Å². The van der Waals surface area contributed by atoms with Crippen molar-refractivity contribution in [2.75, 3.05) is 0 Å². The molecule has 0 aromatic heterocycles. The molecule has 0 heterocycles. The molecule has 0 aliphatic rings. The first-order chi connectivity index (χ1) is 7.54. The summed E-state index contributed by atoms with van der Waals surface area (Å²) in [5, 5.41) is 0. The van der Waals surface area contributed by atoms with Crippen LogP contribution in [0.15, 0.2) is 36.5 Å². The Morgan fingerprint density at radius 1 is 0.706 bits per heavy atom. The number of rotatable bonds is 4. The maximum Gasteiger partial charge on any atom is 2.00 e. The van der Waals surface area contributed by atoms with Gasteiger partial charge < -0.3 is 0 Å². The maximum atomic E-state index is 3.13. The molecule has 0 radical (unpaired) electrons. The molecule has 0 N–H and O–H groups in total. The predicted molar refractivity (Wildman–Crippen MR) is 74.9 cm³/mol. The van der Waals surface area contributed by atoms with E-state index < -0.39 is 0 Å². The third-order valence-electron chi connectivity index (χ3n) is 1.44. The van der Waals surface area contributed by atoms with Crippen molar-refractivity contribution in [2.24, 2.45) is 11.8 Å². The largest absolute Gasteiger partial charge is 2.00 e. The van der Waals surface area contributed by atoms with Crippen molar-refractivity contribution in [3.63, 3.8) is 0 Å². The summed E-state index contributed by atoms with van der Waals surface area (Å²) in [6.45, 7) is 12.4. The standard InChI is InChI=1S/2C8H13.Ru/c2*1-4-5-6-7-8(2)3;/h2*4-6,8H,1-3H3;/q2*-1;+2/b2*5-4+;. The molecule has 1 heteroatoms. The molecule has 0 saturated heterocycles. The van der Waals surface area contributed by atoms with E-state index in [2.05, 4.69) is 39.8 Å². The van der Waals surface area contributed by atoms with Crippen LogP contribution in [-0.4, -0.2) is 0 Å². The summed E-state index contributed by atoms with van der Waals surface area (Å²) in [7, 11) is 0. The third kappa shape index (κ3) is 31.3. The van der Waals surface area contributed by atoms with E-state index in [4.69, 9.17) is 0 Å². The molecule has 0 aliphatic carbocycles. The molecule has 0 aromatic rings. The van der Waals surface area contributed by atoms with Gasteiger partial charge in [-0.25, -0.2) is 24.3 Å². The molecule has 0 bridgehead atoms. The molecule has 0 amide bonds. The smallest absolute Gasteiger partial charge is 0.273 e. The average molecular weight is 319 g/mol. The van der Waals surface area contributed by atoms with Crippen LogP contribution in [-0.2, 0) is 19.5 Å². The fourth-order valence-electron chi connectivity index (χ4n) is 0.688. The second-order valence-electron chi connectivity index (χ2n) is 4.03. The van der Waals surface area contributed by atoms with Gasteiger partial charge in [0, 0.05) is 0 Å². The Morgan fingerprint density at radius 3 is 1.18 bits per heavy atom. The van der Waals surface area contributed by atoms with E-state index in [1.165, 1.54) is 0 Å². The maximum absolute atomic E-state index is 3.13. The predicted octanol–water partition coefficient (Wildman–Crippen LogP) is 5.15. The van der Waals surface area contributed by atoms with E-state index in [1.807, 2.05) is 50.3 Å². The summed E-state index contributed by atoms with van der Waals surface area (Å²) in [5.41, 5.74) is 0.